The van der Waals surface area contributed by atoms with Crippen molar-refractivity contribution in [2.24, 2.45) is 7.05 Å². The van der Waals surface area contributed by atoms with Gasteiger partial charge in [0.1, 0.15) is 5.25 Å². The largest absolute Gasteiger partial charge is 0.341 e. The van der Waals surface area contributed by atoms with Crippen LogP contribution in [0.3, 0.4) is 0 Å². The number of nitrogens with zero attached hydrogens (tertiary/aromatic N) is 3. The molecular weight excluding hydrogens is 398 g/mol. The Kier molecular flexibility index (Phi) is 6.33. The number of nitrogens with one attached hydrogen (secondary N) is 2. The number of halogens is 1. The van der Waals surface area contributed by atoms with E-state index < -0.39 is 17.2 Å². The van der Waals surface area contributed by atoms with E-state index in [9.17, 15) is 9.59 Å². The van der Waals surface area contributed by atoms with Crippen LogP contribution in [-0.4, -0.2) is 33.8 Å². The summed E-state index contributed by atoms with van der Waals surface area (Å²) < 4.78 is 1.77. The van der Waals surface area contributed by atoms with E-state index in [-0.39, 0.29) is 0 Å². The zero-order valence-electron chi connectivity index (χ0n) is 15.2. The van der Waals surface area contributed by atoms with Crippen LogP contribution < -0.4 is 10.6 Å². The molecule has 0 aliphatic rings. The van der Waals surface area contributed by atoms with Crippen LogP contribution in [0.4, 0.5) is 4.79 Å². The minimum absolute atomic E-state index is 0.446. The van der Waals surface area contributed by atoms with Crippen molar-refractivity contribution in [3.63, 3.8) is 0 Å². The molecule has 0 saturated carbocycles. The summed E-state index contributed by atoms with van der Waals surface area (Å²) in [5.74, 6) is 0.143. The van der Waals surface area contributed by atoms with E-state index in [0.29, 0.717) is 16.0 Å². The molecule has 144 valence electrons. The fourth-order valence-electron chi connectivity index (χ4n) is 2.54. The second-order valence-corrected chi connectivity index (χ2v) is 7.30. The molecule has 0 aliphatic carbocycles. The summed E-state index contributed by atoms with van der Waals surface area (Å²) in [5.41, 5.74) is 1.49. The Hall–Kier alpha value is -2.84. The average molecular weight is 416 g/mol. The molecule has 3 aromatic rings. The number of rotatable bonds is 5. The molecule has 0 aliphatic heterocycles. The van der Waals surface area contributed by atoms with Crippen molar-refractivity contribution < 1.29 is 9.59 Å². The second kappa shape index (κ2) is 8.90. The van der Waals surface area contributed by atoms with Gasteiger partial charge in [-0.05, 0) is 17.7 Å². The SMILES string of the molecule is CNC(=O)NC(=O)[C@@H](Sc1nnc(-c2ccccc2Cl)n1C)c1ccccc1. The number of amides is 3. The number of carbonyl (C=O) groups excluding carboxylic acids is 2. The van der Waals surface area contributed by atoms with Crippen molar-refractivity contribution in [3.8, 4) is 11.4 Å². The zero-order valence-corrected chi connectivity index (χ0v) is 16.8. The lowest BCUT2D eigenvalue weighted by Gasteiger charge is -2.16. The predicted molar refractivity (Wildman–Crippen MR) is 109 cm³/mol. The number of urea groups is 1. The number of hydrogen-bond acceptors (Lipinski definition) is 5. The van der Waals surface area contributed by atoms with Crippen LogP contribution in [0, 0.1) is 0 Å². The van der Waals surface area contributed by atoms with Gasteiger partial charge >= 0.3 is 6.03 Å². The van der Waals surface area contributed by atoms with E-state index in [4.69, 9.17) is 11.6 Å². The summed E-state index contributed by atoms with van der Waals surface area (Å²) in [6, 6.07) is 16.0. The first-order valence-corrected chi connectivity index (χ1v) is 9.65. The van der Waals surface area contributed by atoms with Gasteiger partial charge in [0.2, 0.25) is 5.91 Å². The molecule has 7 nitrogen and oxygen atoms in total. The van der Waals surface area contributed by atoms with Crippen LogP contribution in [-0.2, 0) is 11.8 Å². The quantitative estimate of drug-likeness (QED) is 0.623. The Bertz CT molecular complexity index is 993. The Morgan fingerprint density at radius 1 is 1.07 bits per heavy atom. The van der Waals surface area contributed by atoms with Gasteiger partial charge in [0.25, 0.3) is 0 Å². The first kappa shape index (κ1) is 19.9. The molecule has 0 spiro atoms. The standard InChI is InChI=1S/C19H18ClN5O2S/c1-21-18(27)22-17(26)15(12-8-4-3-5-9-12)28-19-24-23-16(25(19)2)13-10-6-7-11-14(13)20/h3-11,15H,1-2H3,(H2,21,22,26,27)/t15-/m0/s1. The summed E-state index contributed by atoms with van der Waals surface area (Å²) in [6.45, 7) is 0. The highest BCUT2D eigenvalue weighted by molar-refractivity contribution is 8.00. The van der Waals surface area contributed by atoms with Gasteiger partial charge in [0.15, 0.2) is 11.0 Å². The van der Waals surface area contributed by atoms with E-state index in [2.05, 4.69) is 20.8 Å². The molecule has 2 N–H and O–H groups in total. The highest BCUT2D eigenvalue weighted by Gasteiger charge is 2.26. The normalized spacial score (nSPS) is 11.7. The van der Waals surface area contributed by atoms with Crippen LogP contribution in [0.15, 0.2) is 59.8 Å². The van der Waals surface area contributed by atoms with E-state index in [1.165, 1.54) is 18.8 Å². The summed E-state index contributed by atoms with van der Waals surface area (Å²) in [5, 5.41) is 13.6. The van der Waals surface area contributed by atoms with E-state index in [1.807, 2.05) is 48.5 Å². The lowest BCUT2D eigenvalue weighted by atomic mass is 10.1. The lowest BCUT2D eigenvalue weighted by molar-refractivity contribution is -0.119. The topological polar surface area (TPSA) is 88.9 Å². The molecular formula is C19H18ClN5O2S. The minimum Gasteiger partial charge on any atom is -0.341 e. The monoisotopic (exact) mass is 415 g/mol. The van der Waals surface area contributed by atoms with E-state index in [0.717, 1.165) is 11.1 Å². The molecule has 3 amide bonds. The van der Waals surface area contributed by atoms with E-state index >= 15 is 0 Å². The summed E-state index contributed by atoms with van der Waals surface area (Å²) in [7, 11) is 3.26. The Morgan fingerprint density at radius 3 is 2.43 bits per heavy atom. The molecule has 9 heteroatoms. The van der Waals surface area contributed by atoms with Crippen molar-refractivity contribution >= 4 is 35.3 Å². The minimum atomic E-state index is -0.680. The van der Waals surface area contributed by atoms with Crippen molar-refractivity contribution in [1.82, 2.24) is 25.4 Å². The number of imide groups is 1. The number of benzene rings is 2. The van der Waals surface area contributed by atoms with Crippen LogP contribution in [0.2, 0.25) is 5.02 Å². The van der Waals surface area contributed by atoms with Crippen LogP contribution >= 0.6 is 23.4 Å². The maximum absolute atomic E-state index is 12.7. The Balaban J connectivity index is 1.92. The average Bonchev–Trinajstić information content (AvgIpc) is 3.07. The molecule has 0 radical (unpaired) electrons. The number of thioether (sulfide) groups is 1. The maximum atomic E-state index is 12.7. The van der Waals surface area contributed by atoms with Gasteiger partial charge in [-0.15, -0.1) is 10.2 Å². The molecule has 1 atom stereocenters. The fourth-order valence-corrected chi connectivity index (χ4v) is 3.76. The molecule has 2 aromatic carbocycles. The summed E-state index contributed by atoms with van der Waals surface area (Å²) in [6.07, 6.45) is 0. The molecule has 28 heavy (non-hydrogen) atoms. The summed E-state index contributed by atoms with van der Waals surface area (Å²) in [4.78, 5) is 24.3. The maximum Gasteiger partial charge on any atom is 0.321 e. The van der Waals surface area contributed by atoms with Crippen molar-refractivity contribution in [1.29, 1.82) is 0 Å². The van der Waals surface area contributed by atoms with Crippen LogP contribution in [0.5, 0.6) is 0 Å². The third-order valence-electron chi connectivity index (χ3n) is 3.98. The summed E-state index contributed by atoms with van der Waals surface area (Å²) >= 11 is 7.47. The number of hydrogen-bond donors (Lipinski definition) is 2. The van der Waals surface area contributed by atoms with Crippen LogP contribution in [0.1, 0.15) is 10.8 Å². The molecule has 0 unspecified atom stereocenters. The first-order chi connectivity index (χ1) is 13.5. The van der Waals surface area contributed by atoms with E-state index in [1.54, 1.807) is 17.7 Å². The fraction of sp³-hybridized carbons (Fsp3) is 0.158. The number of aromatic nitrogens is 3. The molecule has 3 rings (SSSR count). The molecule has 1 aromatic heterocycles. The smallest absolute Gasteiger partial charge is 0.321 e. The second-order valence-electron chi connectivity index (χ2n) is 5.82. The van der Waals surface area contributed by atoms with Gasteiger partial charge in [-0.1, -0.05) is 65.8 Å². The molecule has 0 fully saturated rings. The first-order valence-electron chi connectivity index (χ1n) is 8.39. The van der Waals surface area contributed by atoms with Gasteiger partial charge in [-0.2, -0.15) is 0 Å². The molecule has 0 saturated heterocycles. The highest BCUT2D eigenvalue weighted by atomic mass is 35.5. The molecule has 0 bridgehead atoms. The van der Waals surface area contributed by atoms with Gasteiger partial charge < -0.3 is 9.88 Å². The van der Waals surface area contributed by atoms with Crippen molar-refractivity contribution in [2.45, 2.75) is 10.4 Å². The predicted octanol–water partition coefficient (Wildman–Crippen LogP) is 3.42. The van der Waals surface area contributed by atoms with Crippen molar-refractivity contribution in [3.05, 3.63) is 65.2 Å². The Morgan fingerprint density at radius 2 is 1.75 bits per heavy atom. The molecule has 1 heterocycles. The highest BCUT2D eigenvalue weighted by Crippen LogP contribution is 2.36. The van der Waals surface area contributed by atoms with Crippen molar-refractivity contribution in [2.75, 3.05) is 7.05 Å². The van der Waals surface area contributed by atoms with Gasteiger partial charge in [0.05, 0.1) is 5.02 Å². The van der Waals surface area contributed by atoms with Gasteiger partial charge in [-0.3, -0.25) is 10.1 Å². The van der Waals surface area contributed by atoms with Crippen LogP contribution in [0.25, 0.3) is 11.4 Å². The third kappa shape index (κ3) is 4.35. The zero-order chi connectivity index (χ0) is 20.1. The van der Waals surface area contributed by atoms with Gasteiger partial charge in [-0.25, -0.2) is 4.79 Å². The Labute approximate surface area is 171 Å². The lowest BCUT2D eigenvalue weighted by Crippen LogP contribution is -2.39. The number of carbonyl (C=O) groups is 2. The van der Waals surface area contributed by atoms with Gasteiger partial charge in [0, 0.05) is 19.7 Å². The third-order valence-corrected chi connectivity index (χ3v) is 5.60.